The highest BCUT2D eigenvalue weighted by atomic mass is 32.2. The first kappa shape index (κ1) is 27.0. The first-order valence-corrected chi connectivity index (χ1v) is 14.5. The van der Waals surface area contributed by atoms with Crippen LogP contribution in [0.1, 0.15) is 25.0 Å². The normalized spacial score (nSPS) is 11.6. The molecule has 5 aromatic rings. The molecule has 40 heavy (non-hydrogen) atoms. The van der Waals surface area contributed by atoms with Crippen LogP contribution in [0.25, 0.3) is 32.9 Å². The number of H-pyrrole nitrogens is 1. The van der Waals surface area contributed by atoms with E-state index in [9.17, 15) is 18.3 Å². The molecule has 3 N–H and O–H groups in total. The molecule has 9 nitrogen and oxygen atoms in total. The average Bonchev–Trinajstić information content (AvgIpc) is 3.31. The molecule has 5 rings (SSSR count). The number of carbonyl (C=O) groups excluding carboxylic acids is 1. The molecule has 0 radical (unpaired) electrons. The number of phenolic OH excluding ortho intramolecular Hbond substituents is 1. The van der Waals surface area contributed by atoms with E-state index in [1.165, 1.54) is 0 Å². The molecule has 206 valence electrons. The summed E-state index contributed by atoms with van der Waals surface area (Å²) in [4.78, 5) is 20.1. The van der Waals surface area contributed by atoms with Gasteiger partial charge >= 0.3 is 0 Å². The Balaban J connectivity index is 1.47. The number of hydrogen-bond acceptors (Lipinski definition) is 7. The summed E-state index contributed by atoms with van der Waals surface area (Å²) in [5.74, 6) is -0.205. The zero-order valence-electron chi connectivity index (χ0n) is 22.1. The number of carbonyl (C=O) groups is 1. The lowest BCUT2D eigenvalue weighted by Gasteiger charge is -2.12. The number of phenols is 1. The predicted octanol–water partition coefficient (Wildman–Crippen LogP) is 5.07. The van der Waals surface area contributed by atoms with Gasteiger partial charge in [-0.3, -0.25) is 14.5 Å². The Morgan fingerprint density at radius 2 is 1.65 bits per heavy atom. The maximum absolute atomic E-state index is 12.7. The number of rotatable bonds is 10. The van der Waals surface area contributed by atoms with E-state index < -0.39 is 15.9 Å². The van der Waals surface area contributed by atoms with E-state index in [2.05, 4.69) is 14.7 Å². The Hall–Kier alpha value is -4.57. The van der Waals surface area contributed by atoms with Crippen LogP contribution in [0.2, 0.25) is 0 Å². The molecule has 0 unspecified atom stereocenters. The van der Waals surface area contributed by atoms with Crippen molar-refractivity contribution >= 4 is 37.6 Å². The lowest BCUT2D eigenvalue weighted by Crippen LogP contribution is -2.32. The van der Waals surface area contributed by atoms with E-state index in [0.29, 0.717) is 63.3 Å². The van der Waals surface area contributed by atoms with E-state index in [-0.39, 0.29) is 17.9 Å². The van der Waals surface area contributed by atoms with Crippen LogP contribution in [0.3, 0.4) is 0 Å². The van der Waals surface area contributed by atoms with Gasteiger partial charge in [-0.2, -0.15) is 0 Å². The van der Waals surface area contributed by atoms with Gasteiger partial charge in [0.2, 0.25) is 21.8 Å². The molecular formula is C30H29N3O6S. The van der Waals surface area contributed by atoms with Crippen molar-refractivity contribution < 1.29 is 27.8 Å². The summed E-state index contributed by atoms with van der Waals surface area (Å²) in [5, 5.41) is 13.1. The van der Waals surface area contributed by atoms with Gasteiger partial charge < -0.3 is 19.6 Å². The van der Waals surface area contributed by atoms with Crippen LogP contribution in [-0.4, -0.2) is 42.6 Å². The van der Waals surface area contributed by atoms with Crippen LogP contribution in [0, 0.1) is 0 Å². The summed E-state index contributed by atoms with van der Waals surface area (Å²) in [5.41, 5.74) is 3.12. The van der Waals surface area contributed by atoms with E-state index in [0.717, 1.165) is 5.56 Å². The Morgan fingerprint density at radius 3 is 2.35 bits per heavy atom. The molecular weight excluding hydrogens is 530 g/mol. The molecule has 0 spiro atoms. The summed E-state index contributed by atoms with van der Waals surface area (Å²) in [7, 11) is -3.90. The van der Waals surface area contributed by atoms with Crippen molar-refractivity contribution in [2.75, 3.05) is 13.2 Å². The van der Waals surface area contributed by atoms with E-state index >= 15 is 0 Å². The second-order valence-corrected chi connectivity index (χ2v) is 10.9. The van der Waals surface area contributed by atoms with Crippen LogP contribution in [0.4, 0.5) is 0 Å². The minimum absolute atomic E-state index is 0.0299. The van der Waals surface area contributed by atoms with Gasteiger partial charge in [-0.15, -0.1) is 0 Å². The number of aromatic amines is 1. The largest absolute Gasteiger partial charge is 0.504 e. The molecule has 0 saturated carbocycles. The third kappa shape index (κ3) is 5.43. The highest BCUT2D eigenvalue weighted by molar-refractivity contribution is 7.89. The van der Waals surface area contributed by atoms with Gasteiger partial charge in [0.25, 0.3) is 0 Å². The lowest BCUT2D eigenvalue weighted by atomic mass is 10.0. The van der Waals surface area contributed by atoms with Gasteiger partial charge in [-0.05, 0) is 42.7 Å². The molecule has 2 heterocycles. The maximum atomic E-state index is 12.7. The SMILES string of the molecule is CCOc1c(O)c2c(-c3ccc(CS(=O)(=O)NC(=O)Cc4ccccc4)cc3)[nH]c(OCC)c2c2ncccc12. The molecule has 0 aliphatic carbocycles. The fraction of sp³-hybridized carbons (Fsp3) is 0.200. The molecule has 0 bridgehead atoms. The van der Waals surface area contributed by atoms with Crippen LogP contribution >= 0.6 is 0 Å². The summed E-state index contributed by atoms with van der Waals surface area (Å²) in [6.45, 7) is 4.45. The van der Waals surface area contributed by atoms with Crippen molar-refractivity contribution in [3.8, 4) is 28.6 Å². The molecule has 1 amide bonds. The Bertz CT molecular complexity index is 1780. The standard InChI is InChI=1S/C30H29N3O6S/c1-3-38-29-22-11-8-16-31-27(22)25-24(28(29)35)26(32-30(25)39-4-2)21-14-12-20(13-15-21)18-40(36,37)33-23(34)17-19-9-6-5-7-10-19/h5-16,32,35H,3-4,17-18H2,1-2H3,(H,33,34). The average molecular weight is 560 g/mol. The summed E-state index contributed by atoms with van der Waals surface area (Å²) in [6.07, 6.45) is 1.64. The molecule has 0 aliphatic rings. The lowest BCUT2D eigenvalue weighted by molar-refractivity contribution is -0.118. The number of ether oxygens (including phenoxy) is 2. The second kappa shape index (κ2) is 11.3. The van der Waals surface area contributed by atoms with Crippen molar-refractivity contribution in [2.45, 2.75) is 26.0 Å². The van der Waals surface area contributed by atoms with Gasteiger partial charge in [0.1, 0.15) is 0 Å². The maximum Gasteiger partial charge on any atom is 0.239 e. The zero-order valence-corrected chi connectivity index (χ0v) is 22.9. The number of benzene rings is 3. The van der Waals surface area contributed by atoms with E-state index in [1.807, 2.05) is 26.0 Å². The minimum atomic E-state index is -3.90. The number of aromatic hydroxyl groups is 1. The van der Waals surface area contributed by atoms with Gasteiger partial charge in [0.15, 0.2) is 11.5 Å². The van der Waals surface area contributed by atoms with Crippen LogP contribution in [-0.2, 0) is 27.0 Å². The number of sulfonamides is 1. The Labute approximate surface area is 231 Å². The summed E-state index contributed by atoms with van der Waals surface area (Å²) >= 11 is 0. The monoisotopic (exact) mass is 559 g/mol. The number of nitrogens with one attached hydrogen (secondary N) is 2. The molecule has 0 saturated heterocycles. The smallest absolute Gasteiger partial charge is 0.239 e. The highest BCUT2D eigenvalue weighted by Crippen LogP contribution is 2.49. The third-order valence-electron chi connectivity index (χ3n) is 6.36. The first-order valence-electron chi connectivity index (χ1n) is 12.9. The molecule has 10 heteroatoms. The third-order valence-corrected chi connectivity index (χ3v) is 7.61. The number of aromatic nitrogens is 2. The molecule has 0 aliphatic heterocycles. The molecule has 0 fully saturated rings. The van der Waals surface area contributed by atoms with Crippen LogP contribution < -0.4 is 14.2 Å². The molecule has 2 aromatic heterocycles. The number of pyridine rings is 1. The quantitative estimate of drug-likeness (QED) is 0.218. The van der Waals surface area contributed by atoms with E-state index in [1.54, 1.807) is 60.8 Å². The Kier molecular flexibility index (Phi) is 7.61. The number of nitrogens with zero attached hydrogens (tertiary/aromatic N) is 1. The fourth-order valence-electron chi connectivity index (χ4n) is 4.74. The molecule has 0 atom stereocenters. The zero-order chi connectivity index (χ0) is 28.3. The van der Waals surface area contributed by atoms with Crippen molar-refractivity contribution in [2.24, 2.45) is 0 Å². The number of fused-ring (bicyclic) bond motifs is 3. The van der Waals surface area contributed by atoms with Gasteiger partial charge in [0, 0.05) is 11.6 Å². The first-order chi connectivity index (χ1) is 19.3. The van der Waals surface area contributed by atoms with Crippen LogP contribution in [0.15, 0.2) is 72.9 Å². The van der Waals surface area contributed by atoms with Crippen molar-refractivity contribution in [3.05, 3.63) is 84.1 Å². The Morgan fingerprint density at radius 1 is 0.925 bits per heavy atom. The van der Waals surface area contributed by atoms with Crippen molar-refractivity contribution in [1.29, 1.82) is 0 Å². The summed E-state index contributed by atoms with van der Waals surface area (Å²) in [6, 6.07) is 19.4. The van der Waals surface area contributed by atoms with Crippen molar-refractivity contribution in [1.82, 2.24) is 14.7 Å². The van der Waals surface area contributed by atoms with E-state index in [4.69, 9.17) is 9.47 Å². The van der Waals surface area contributed by atoms with Gasteiger partial charge in [-0.25, -0.2) is 8.42 Å². The number of amides is 1. The van der Waals surface area contributed by atoms with Crippen LogP contribution in [0.5, 0.6) is 17.4 Å². The number of hydrogen-bond donors (Lipinski definition) is 3. The topological polar surface area (TPSA) is 131 Å². The summed E-state index contributed by atoms with van der Waals surface area (Å²) < 4.78 is 39.2. The second-order valence-electron chi connectivity index (χ2n) is 9.17. The van der Waals surface area contributed by atoms with Gasteiger partial charge in [-0.1, -0.05) is 54.6 Å². The highest BCUT2D eigenvalue weighted by Gasteiger charge is 2.25. The van der Waals surface area contributed by atoms with Gasteiger partial charge in [0.05, 0.1) is 47.4 Å². The minimum Gasteiger partial charge on any atom is -0.504 e. The molecule has 3 aromatic carbocycles. The predicted molar refractivity (Wildman–Crippen MR) is 154 cm³/mol. The van der Waals surface area contributed by atoms with Crippen molar-refractivity contribution in [3.63, 3.8) is 0 Å². The fourth-order valence-corrected chi connectivity index (χ4v) is 5.86.